The van der Waals surface area contributed by atoms with Gasteiger partial charge in [-0.25, -0.2) is 0 Å². The van der Waals surface area contributed by atoms with Crippen molar-refractivity contribution < 1.29 is 0 Å². The van der Waals surface area contributed by atoms with Crippen molar-refractivity contribution in [2.75, 3.05) is 0 Å². The summed E-state index contributed by atoms with van der Waals surface area (Å²) in [5.74, 6) is 0. The molecule has 0 saturated carbocycles. The van der Waals surface area contributed by atoms with Crippen LogP contribution in [0.1, 0.15) is 23.2 Å². The van der Waals surface area contributed by atoms with Gasteiger partial charge in [-0.3, -0.25) is 4.98 Å². The SMILES string of the molecule is Cc1ccc(CC(Cl)CCc2ccccc2)nc1. The van der Waals surface area contributed by atoms with Crippen molar-refractivity contribution in [2.24, 2.45) is 0 Å². The number of rotatable bonds is 5. The molecule has 0 aliphatic heterocycles. The Labute approximate surface area is 114 Å². The number of alkyl halides is 1. The van der Waals surface area contributed by atoms with Crippen molar-refractivity contribution in [2.45, 2.75) is 31.6 Å². The van der Waals surface area contributed by atoms with Crippen LogP contribution in [-0.2, 0) is 12.8 Å². The Morgan fingerprint density at radius 1 is 1.11 bits per heavy atom. The molecular weight excluding hydrogens is 242 g/mol. The second-order valence-corrected chi connectivity index (χ2v) is 5.27. The van der Waals surface area contributed by atoms with Crippen LogP contribution < -0.4 is 0 Å². The highest BCUT2D eigenvalue weighted by Gasteiger charge is 2.07. The van der Waals surface area contributed by atoms with Crippen molar-refractivity contribution >= 4 is 11.6 Å². The summed E-state index contributed by atoms with van der Waals surface area (Å²) in [6, 6.07) is 14.6. The van der Waals surface area contributed by atoms with Crippen LogP contribution >= 0.6 is 11.6 Å². The predicted molar refractivity (Wildman–Crippen MR) is 77.1 cm³/mol. The fourth-order valence-corrected chi connectivity index (χ4v) is 2.18. The molecule has 2 rings (SSSR count). The molecule has 1 unspecified atom stereocenters. The first-order valence-electron chi connectivity index (χ1n) is 6.33. The Balaban J connectivity index is 1.82. The number of hydrogen-bond donors (Lipinski definition) is 0. The van der Waals surface area contributed by atoms with Crippen molar-refractivity contribution in [1.82, 2.24) is 4.98 Å². The van der Waals surface area contributed by atoms with E-state index in [9.17, 15) is 0 Å². The maximum absolute atomic E-state index is 6.37. The third-order valence-corrected chi connectivity index (χ3v) is 3.36. The van der Waals surface area contributed by atoms with Crippen molar-refractivity contribution in [3.05, 3.63) is 65.5 Å². The first-order chi connectivity index (χ1) is 8.74. The summed E-state index contributed by atoms with van der Waals surface area (Å²) in [5, 5.41) is 0.153. The maximum Gasteiger partial charge on any atom is 0.0418 e. The molecule has 0 fully saturated rings. The van der Waals surface area contributed by atoms with Crippen molar-refractivity contribution in [1.29, 1.82) is 0 Å². The second kappa shape index (κ2) is 6.55. The Bertz CT molecular complexity index is 464. The molecule has 2 aromatic rings. The minimum Gasteiger partial charge on any atom is -0.261 e. The third kappa shape index (κ3) is 4.15. The number of nitrogens with zero attached hydrogens (tertiary/aromatic N) is 1. The van der Waals surface area contributed by atoms with Crippen LogP contribution in [0.3, 0.4) is 0 Å². The van der Waals surface area contributed by atoms with E-state index in [1.807, 2.05) is 19.2 Å². The predicted octanol–water partition coefficient (Wildman–Crippen LogP) is 4.17. The van der Waals surface area contributed by atoms with Gasteiger partial charge in [0.15, 0.2) is 0 Å². The molecule has 94 valence electrons. The third-order valence-electron chi connectivity index (χ3n) is 2.99. The minimum absolute atomic E-state index is 0.153. The highest BCUT2D eigenvalue weighted by molar-refractivity contribution is 6.20. The Morgan fingerprint density at radius 2 is 1.89 bits per heavy atom. The summed E-state index contributed by atoms with van der Waals surface area (Å²) in [6.07, 6.45) is 4.76. The van der Waals surface area contributed by atoms with E-state index in [0.29, 0.717) is 0 Å². The lowest BCUT2D eigenvalue weighted by Gasteiger charge is -2.09. The fraction of sp³-hybridized carbons (Fsp3) is 0.312. The zero-order chi connectivity index (χ0) is 12.8. The highest BCUT2D eigenvalue weighted by Crippen LogP contribution is 2.13. The van der Waals surface area contributed by atoms with E-state index in [4.69, 9.17) is 11.6 Å². The lowest BCUT2D eigenvalue weighted by Crippen LogP contribution is -2.06. The van der Waals surface area contributed by atoms with E-state index in [0.717, 1.165) is 25.0 Å². The standard InChI is InChI=1S/C16H18ClN/c1-13-7-10-16(18-12-13)11-15(17)9-8-14-5-3-2-4-6-14/h2-7,10,12,15H,8-9,11H2,1H3. The average Bonchev–Trinajstić information content (AvgIpc) is 2.40. The van der Waals surface area contributed by atoms with Gasteiger partial charge in [-0.2, -0.15) is 0 Å². The molecule has 0 N–H and O–H groups in total. The van der Waals surface area contributed by atoms with Crippen LogP contribution in [0.15, 0.2) is 48.7 Å². The van der Waals surface area contributed by atoms with Crippen LogP contribution in [0.25, 0.3) is 0 Å². The van der Waals surface area contributed by atoms with Gasteiger partial charge in [0.25, 0.3) is 0 Å². The van der Waals surface area contributed by atoms with Crippen LogP contribution in [0.5, 0.6) is 0 Å². The molecule has 0 saturated heterocycles. The first kappa shape index (κ1) is 13.1. The maximum atomic E-state index is 6.37. The Kier molecular flexibility index (Phi) is 4.77. The molecule has 1 nitrogen and oxygen atoms in total. The fourth-order valence-electron chi connectivity index (χ4n) is 1.92. The van der Waals surface area contributed by atoms with Gasteiger partial charge in [0.2, 0.25) is 0 Å². The molecule has 1 atom stereocenters. The van der Waals surface area contributed by atoms with Crippen LogP contribution in [-0.4, -0.2) is 10.4 Å². The Hall–Kier alpha value is -1.34. The van der Waals surface area contributed by atoms with Crippen molar-refractivity contribution in [3.8, 4) is 0 Å². The van der Waals surface area contributed by atoms with Gasteiger partial charge in [0.05, 0.1) is 0 Å². The van der Waals surface area contributed by atoms with Crippen LogP contribution in [0.2, 0.25) is 0 Å². The molecule has 1 heterocycles. The van der Waals surface area contributed by atoms with E-state index in [1.54, 1.807) is 0 Å². The lowest BCUT2D eigenvalue weighted by atomic mass is 10.1. The van der Waals surface area contributed by atoms with Gasteiger partial charge in [-0.15, -0.1) is 11.6 Å². The number of aromatic nitrogens is 1. The van der Waals surface area contributed by atoms with E-state index in [-0.39, 0.29) is 5.38 Å². The largest absolute Gasteiger partial charge is 0.261 e. The molecule has 0 amide bonds. The monoisotopic (exact) mass is 259 g/mol. The minimum atomic E-state index is 0.153. The molecule has 0 aliphatic carbocycles. The molecule has 18 heavy (non-hydrogen) atoms. The summed E-state index contributed by atoms with van der Waals surface area (Å²) in [6.45, 7) is 2.05. The molecule has 0 spiro atoms. The smallest absolute Gasteiger partial charge is 0.0418 e. The van der Waals surface area contributed by atoms with Gasteiger partial charge in [0.1, 0.15) is 0 Å². The first-order valence-corrected chi connectivity index (χ1v) is 6.77. The highest BCUT2D eigenvalue weighted by atomic mass is 35.5. The lowest BCUT2D eigenvalue weighted by molar-refractivity contribution is 0.731. The number of pyridine rings is 1. The molecule has 0 aliphatic rings. The number of halogens is 1. The van der Waals surface area contributed by atoms with Gasteiger partial charge >= 0.3 is 0 Å². The van der Waals surface area contributed by atoms with Gasteiger partial charge in [-0.05, 0) is 37.0 Å². The average molecular weight is 260 g/mol. The van der Waals surface area contributed by atoms with Crippen LogP contribution in [0, 0.1) is 6.92 Å². The summed E-state index contributed by atoms with van der Waals surface area (Å²) in [4.78, 5) is 4.39. The zero-order valence-electron chi connectivity index (χ0n) is 10.6. The molecule has 1 aromatic heterocycles. The summed E-state index contributed by atoms with van der Waals surface area (Å²) in [5.41, 5.74) is 3.61. The second-order valence-electron chi connectivity index (χ2n) is 4.65. The summed E-state index contributed by atoms with van der Waals surface area (Å²) < 4.78 is 0. The quantitative estimate of drug-likeness (QED) is 0.735. The van der Waals surface area contributed by atoms with E-state index in [2.05, 4.69) is 41.4 Å². The van der Waals surface area contributed by atoms with Gasteiger partial charge < -0.3 is 0 Å². The molecule has 0 radical (unpaired) electrons. The van der Waals surface area contributed by atoms with Crippen LogP contribution in [0.4, 0.5) is 0 Å². The van der Waals surface area contributed by atoms with E-state index >= 15 is 0 Å². The number of hydrogen-bond acceptors (Lipinski definition) is 1. The molecule has 2 heteroatoms. The van der Waals surface area contributed by atoms with Crippen molar-refractivity contribution in [3.63, 3.8) is 0 Å². The molecule has 0 bridgehead atoms. The van der Waals surface area contributed by atoms with Gasteiger partial charge in [0, 0.05) is 23.7 Å². The topological polar surface area (TPSA) is 12.9 Å². The number of benzene rings is 1. The summed E-state index contributed by atoms with van der Waals surface area (Å²) in [7, 11) is 0. The normalized spacial score (nSPS) is 12.3. The van der Waals surface area contributed by atoms with Gasteiger partial charge in [-0.1, -0.05) is 36.4 Å². The van der Waals surface area contributed by atoms with E-state index < -0.39 is 0 Å². The summed E-state index contributed by atoms with van der Waals surface area (Å²) >= 11 is 6.37. The molecular formula is C16H18ClN. The molecule has 1 aromatic carbocycles. The Morgan fingerprint density at radius 3 is 2.56 bits per heavy atom. The zero-order valence-corrected chi connectivity index (χ0v) is 11.4. The van der Waals surface area contributed by atoms with E-state index in [1.165, 1.54) is 11.1 Å². The number of aryl methyl sites for hydroxylation is 2.